The fourth-order valence-electron chi connectivity index (χ4n) is 3.71. The molecular weight excluding hydrogens is 453 g/mol. The number of fused-ring (bicyclic) bond motifs is 3. The molecule has 0 spiro atoms. The average molecular weight is 469 g/mol. The van der Waals surface area contributed by atoms with Gasteiger partial charge < -0.3 is 15.4 Å². The standard InChI is InChI=1S/C19H16Cl2F2N6O2/c1-29-16-10(4-9(5-24-16)26-15-11(20)6-25-18(21)28-15)12-13(17(29)30)31-7-19(22,23)14(27-12)8-2-3-8/h4-6,8,14,27H,2-3,7H2,1H3,(H,25,26,28)/t14-/m0/s1. The average Bonchev–Trinajstić information content (AvgIpc) is 3.56. The van der Waals surface area contributed by atoms with E-state index in [1.165, 1.54) is 24.0 Å². The van der Waals surface area contributed by atoms with Gasteiger partial charge in [-0.05, 0) is 36.4 Å². The molecule has 1 aliphatic heterocycles. The van der Waals surface area contributed by atoms with Crippen LogP contribution in [0.25, 0.3) is 11.0 Å². The lowest BCUT2D eigenvalue weighted by Crippen LogP contribution is -2.44. The Morgan fingerprint density at radius 3 is 2.81 bits per heavy atom. The summed E-state index contributed by atoms with van der Waals surface area (Å²) in [4.78, 5) is 25.0. The number of ether oxygens (including phenoxy) is 1. The Labute approximate surface area is 184 Å². The van der Waals surface area contributed by atoms with Gasteiger partial charge in [-0.2, -0.15) is 4.98 Å². The number of rotatable bonds is 3. The van der Waals surface area contributed by atoms with E-state index in [4.69, 9.17) is 27.9 Å². The van der Waals surface area contributed by atoms with Crippen LogP contribution in [0.1, 0.15) is 12.8 Å². The van der Waals surface area contributed by atoms with Crippen molar-refractivity contribution in [3.63, 3.8) is 0 Å². The number of alkyl halides is 2. The fraction of sp³-hybridized carbons (Fsp3) is 0.368. The smallest absolute Gasteiger partial charge is 0.301 e. The van der Waals surface area contributed by atoms with Crippen LogP contribution in [0.15, 0.2) is 23.3 Å². The van der Waals surface area contributed by atoms with Crippen LogP contribution in [0.3, 0.4) is 0 Å². The van der Waals surface area contributed by atoms with Crippen molar-refractivity contribution in [1.29, 1.82) is 0 Å². The number of hydrogen-bond donors (Lipinski definition) is 2. The Bertz CT molecular complexity index is 1260. The lowest BCUT2D eigenvalue weighted by Gasteiger charge is -2.25. The monoisotopic (exact) mass is 468 g/mol. The summed E-state index contributed by atoms with van der Waals surface area (Å²) in [7, 11) is 1.51. The first-order valence-electron chi connectivity index (χ1n) is 9.49. The summed E-state index contributed by atoms with van der Waals surface area (Å²) in [5.74, 6) is -3.20. The van der Waals surface area contributed by atoms with Gasteiger partial charge in [0, 0.05) is 12.4 Å². The van der Waals surface area contributed by atoms with E-state index in [-0.39, 0.29) is 33.5 Å². The van der Waals surface area contributed by atoms with Crippen LogP contribution in [-0.4, -0.2) is 38.1 Å². The van der Waals surface area contributed by atoms with Gasteiger partial charge in [0.05, 0.1) is 29.8 Å². The molecule has 4 heterocycles. The Hall–Kier alpha value is -2.72. The first kappa shape index (κ1) is 20.2. The van der Waals surface area contributed by atoms with Crippen molar-refractivity contribution in [2.75, 3.05) is 17.2 Å². The number of aryl methyl sites for hydroxylation is 1. The number of anilines is 3. The maximum atomic E-state index is 14.7. The molecule has 0 aromatic carbocycles. The van der Waals surface area contributed by atoms with Gasteiger partial charge in [0.1, 0.15) is 10.7 Å². The van der Waals surface area contributed by atoms with Crippen LogP contribution in [0.4, 0.5) is 26.0 Å². The van der Waals surface area contributed by atoms with Gasteiger partial charge in [-0.15, -0.1) is 0 Å². The highest BCUT2D eigenvalue weighted by molar-refractivity contribution is 6.33. The molecule has 2 aliphatic rings. The van der Waals surface area contributed by atoms with Crippen molar-refractivity contribution in [1.82, 2.24) is 19.5 Å². The Balaban J connectivity index is 1.65. The minimum atomic E-state index is -3.12. The second-order valence-electron chi connectivity index (χ2n) is 7.63. The third kappa shape index (κ3) is 3.53. The molecular formula is C19H16Cl2F2N6O2. The van der Waals surface area contributed by atoms with Gasteiger partial charge in [-0.25, -0.2) is 18.7 Å². The highest BCUT2D eigenvalue weighted by Crippen LogP contribution is 2.45. The van der Waals surface area contributed by atoms with Crippen molar-refractivity contribution < 1.29 is 13.5 Å². The van der Waals surface area contributed by atoms with Gasteiger partial charge in [0.2, 0.25) is 11.0 Å². The molecule has 3 aromatic heterocycles. The molecule has 0 saturated heterocycles. The van der Waals surface area contributed by atoms with Crippen LogP contribution in [0.5, 0.6) is 5.75 Å². The third-order valence-electron chi connectivity index (χ3n) is 5.41. The first-order chi connectivity index (χ1) is 14.7. The predicted octanol–water partition coefficient (Wildman–Crippen LogP) is 3.99. The van der Waals surface area contributed by atoms with Crippen LogP contribution in [0.2, 0.25) is 10.3 Å². The third-order valence-corrected chi connectivity index (χ3v) is 5.87. The van der Waals surface area contributed by atoms with Crippen molar-refractivity contribution in [3.8, 4) is 5.75 Å². The van der Waals surface area contributed by atoms with Gasteiger partial charge in [0.25, 0.3) is 5.56 Å². The zero-order valence-electron chi connectivity index (χ0n) is 16.1. The van der Waals surface area contributed by atoms with E-state index in [1.54, 1.807) is 6.07 Å². The maximum absolute atomic E-state index is 14.7. The number of nitrogens with one attached hydrogen (secondary N) is 2. The lowest BCUT2D eigenvalue weighted by atomic mass is 10.1. The molecule has 3 aromatic rings. The molecule has 31 heavy (non-hydrogen) atoms. The molecule has 12 heteroatoms. The fourth-order valence-corrected chi connectivity index (χ4v) is 3.99. The van der Waals surface area contributed by atoms with Crippen LogP contribution in [0, 0.1) is 5.92 Å². The molecule has 162 valence electrons. The highest BCUT2D eigenvalue weighted by atomic mass is 35.5. The van der Waals surface area contributed by atoms with E-state index >= 15 is 0 Å². The quantitative estimate of drug-likeness (QED) is 0.561. The normalized spacial score (nSPS) is 19.8. The summed E-state index contributed by atoms with van der Waals surface area (Å²) in [5, 5.41) is 6.58. The minimum Gasteiger partial charge on any atom is -0.480 e. The number of hydrogen-bond acceptors (Lipinski definition) is 7. The summed E-state index contributed by atoms with van der Waals surface area (Å²) in [6, 6.07) is 0.535. The first-order valence-corrected chi connectivity index (χ1v) is 10.2. The van der Waals surface area contributed by atoms with Gasteiger partial charge in [-0.1, -0.05) is 11.6 Å². The number of halogens is 4. The minimum absolute atomic E-state index is 0.00138. The van der Waals surface area contributed by atoms with E-state index in [2.05, 4.69) is 25.6 Å². The predicted molar refractivity (Wildman–Crippen MR) is 113 cm³/mol. The van der Waals surface area contributed by atoms with Crippen molar-refractivity contribution in [2.45, 2.75) is 24.8 Å². The molecule has 0 amide bonds. The SMILES string of the molecule is Cn1c(=O)c2c(c3cc(Nc4nc(Cl)ncc4Cl)cnc31)N[C@@H](C1CC1)C(F)(F)CO2. The highest BCUT2D eigenvalue weighted by Gasteiger charge is 2.51. The van der Waals surface area contributed by atoms with Crippen molar-refractivity contribution in [3.05, 3.63) is 39.1 Å². The number of aromatic nitrogens is 4. The van der Waals surface area contributed by atoms with E-state index in [0.29, 0.717) is 29.6 Å². The molecule has 0 radical (unpaired) electrons. The van der Waals surface area contributed by atoms with Crippen LogP contribution >= 0.6 is 23.2 Å². The summed E-state index contributed by atoms with van der Waals surface area (Å²) in [6.45, 7) is -0.866. The summed E-state index contributed by atoms with van der Waals surface area (Å²) >= 11 is 11.9. The molecule has 5 rings (SSSR count). The maximum Gasteiger partial charge on any atom is 0.301 e. The van der Waals surface area contributed by atoms with Crippen LogP contribution < -0.4 is 20.9 Å². The topological polar surface area (TPSA) is 94.0 Å². The molecule has 2 N–H and O–H groups in total. The lowest BCUT2D eigenvalue weighted by molar-refractivity contribution is -0.0579. The van der Waals surface area contributed by atoms with Crippen molar-refractivity contribution >= 4 is 51.4 Å². The number of nitrogens with zero attached hydrogens (tertiary/aromatic N) is 4. The summed E-state index contributed by atoms with van der Waals surface area (Å²) in [6.07, 6.45) is 4.22. The largest absolute Gasteiger partial charge is 0.480 e. The Kier molecular flexibility index (Phi) is 4.67. The molecule has 1 atom stereocenters. The molecule has 1 saturated carbocycles. The molecule has 0 unspecified atom stereocenters. The molecule has 8 nitrogen and oxygen atoms in total. The molecule has 1 fully saturated rings. The van der Waals surface area contributed by atoms with Gasteiger partial charge >= 0.3 is 5.92 Å². The van der Waals surface area contributed by atoms with E-state index in [0.717, 1.165) is 0 Å². The second-order valence-corrected chi connectivity index (χ2v) is 8.38. The summed E-state index contributed by atoms with van der Waals surface area (Å²) in [5.41, 5.74) is 0.444. The van der Waals surface area contributed by atoms with Crippen molar-refractivity contribution in [2.24, 2.45) is 13.0 Å². The van der Waals surface area contributed by atoms with E-state index in [9.17, 15) is 13.6 Å². The molecule has 0 bridgehead atoms. The van der Waals surface area contributed by atoms with Gasteiger partial charge in [-0.3, -0.25) is 9.36 Å². The number of pyridine rings is 2. The van der Waals surface area contributed by atoms with E-state index in [1.807, 2.05) is 0 Å². The summed E-state index contributed by atoms with van der Waals surface area (Å²) < 4.78 is 36.0. The van der Waals surface area contributed by atoms with Crippen LogP contribution in [-0.2, 0) is 7.05 Å². The Morgan fingerprint density at radius 1 is 1.29 bits per heavy atom. The van der Waals surface area contributed by atoms with E-state index < -0.39 is 24.1 Å². The zero-order chi connectivity index (χ0) is 21.9. The van der Waals surface area contributed by atoms with Gasteiger partial charge in [0.15, 0.2) is 12.4 Å². The Morgan fingerprint density at radius 2 is 2.06 bits per heavy atom. The molecule has 1 aliphatic carbocycles. The second kappa shape index (κ2) is 7.16. The zero-order valence-corrected chi connectivity index (χ0v) is 17.6.